The van der Waals surface area contributed by atoms with E-state index in [0.29, 0.717) is 0 Å². The van der Waals surface area contributed by atoms with Crippen LogP contribution >= 0.6 is 0 Å². The van der Waals surface area contributed by atoms with Crippen LogP contribution < -0.4 is 5.73 Å². The zero-order chi connectivity index (χ0) is 8.55. The average molecular weight is 166 g/mol. The molecule has 0 saturated carbocycles. The summed E-state index contributed by atoms with van der Waals surface area (Å²) in [4.78, 5) is 2.55. The Morgan fingerprint density at radius 1 is 1.42 bits per heavy atom. The quantitative estimate of drug-likeness (QED) is 0.590. The summed E-state index contributed by atoms with van der Waals surface area (Å²) in [6, 6.07) is 0.811. The second kappa shape index (κ2) is 3.09. The maximum absolute atomic E-state index is 5.92. The molecule has 2 N–H and O–H groups in total. The number of nitrogens with zero attached hydrogens (tertiary/aromatic N) is 1. The van der Waals surface area contributed by atoms with Crippen LogP contribution in [-0.4, -0.2) is 24.0 Å². The highest BCUT2D eigenvalue weighted by Crippen LogP contribution is 2.27. The Balaban J connectivity index is 2.10. The molecule has 1 unspecified atom stereocenters. The third kappa shape index (κ3) is 1.36. The lowest BCUT2D eigenvalue weighted by Crippen LogP contribution is -2.44. The van der Waals surface area contributed by atoms with E-state index in [0.717, 1.165) is 18.3 Å². The van der Waals surface area contributed by atoms with Gasteiger partial charge in [-0.05, 0) is 32.7 Å². The molecule has 0 radical (unpaired) electrons. The second-order valence-electron chi connectivity index (χ2n) is 4.13. The van der Waals surface area contributed by atoms with Crippen molar-refractivity contribution in [3.63, 3.8) is 0 Å². The third-order valence-electron chi connectivity index (χ3n) is 3.21. The predicted molar refractivity (Wildman–Crippen MR) is 50.7 cm³/mol. The molecule has 2 aliphatic rings. The molecule has 1 fully saturated rings. The first-order valence-electron chi connectivity index (χ1n) is 4.95. The van der Waals surface area contributed by atoms with Crippen LogP contribution in [0.25, 0.3) is 0 Å². The van der Waals surface area contributed by atoms with Gasteiger partial charge in [-0.2, -0.15) is 0 Å². The summed E-state index contributed by atoms with van der Waals surface area (Å²) in [5.41, 5.74) is 8.47. The maximum Gasteiger partial charge on any atom is 0.0382 e. The van der Waals surface area contributed by atoms with E-state index in [1.807, 2.05) is 0 Å². The Kier molecular flexibility index (Phi) is 2.09. The summed E-state index contributed by atoms with van der Waals surface area (Å²) in [5, 5.41) is 0. The third-order valence-corrected chi connectivity index (χ3v) is 3.21. The first kappa shape index (κ1) is 8.11. The highest BCUT2D eigenvalue weighted by Gasteiger charge is 2.26. The molecule has 0 aromatic rings. The van der Waals surface area contributed by atoms with Gasteiger partial charge in [0, 0.05) is 18.3 Å². The van der Waals surface area contributed by atoms with Gasteiger partial charge in [0.2, 0.25) is 0 Å². The molecule has 0 amide bonds. The first-order chi connectivity index (χ1) is 5.77. The fraction of sp³-hybridized carbons (Fsp3) is 0.800. The van der Waals surface area contributed by atoms with Gasteiger partial charge in [-0.25, -0.2) is 0 Å². The Morgan fingerprint density at radius 3 is 3.08 bits per heavy atom. The van der Waals surface area contributed by atoms with E-state index in [4.69, 9.17) is 5.73 Å². The number of fused-ring (bicyclic) bond motifs is 1. The lowest BCUT2D eigenvalue weighted by molar-refractivity contribution is 0.149. The monoisotopic (exact) mass is 166 g/mol. The summed E-state index contributed by atoms with van der Waals surface area (Å²) in [6.07, 6.45) is 5.37. The number of piperidine rings is 1. The van der Waals surface area contributed by atoms with E-state index in [-0.39, 0.29) is 0 Å². The van der Waals surface area contributed by atoms with E-state index >= 15 is 0 Å². The number of rotatable bonds is 0. The van der Waals surface area contributed by atoms with Gasteiger partial charge in [-0.3, -0.25) is 4.90 Å². The zero-order valence-electron chi connectivity index (χ0n) is 7.84. The van der Waals surface area contributed by atoms with Crippen molar-refractivity contribution in [3.8, 4) is 0 Å². The Hall–Kier alpha value is -0.500. The van der Waals surface area contributed by atoms with Crippen LogP contribution in [0.5, 0.6) is 0 Å². The Labute approximate surface area is 74.4 Å². The fourth-order valence-electron chi connectivity index (χ4n) is 2.34. The largest absolute Gasteiger partial charge is 0.401 e. The van der Waals surface area contributed by atoms with E-state index in [1.54, 1.807) is 0 Å². The second-order valence-corrected chi connectivity index (χ2v) is 4.13. The van der Waals surface area contributed by atoms with Gasteiger partial charge in [0.25, 0.3) is 0 Å². The van der Waals surface area contributed by atoms with Crippen LogP contribution in [0.2, 0.25) is 0 Å². The first-order valence-corrected chi connectivity index (χ1v) is 4.95. The Morgan fingerprint density at radius 2 is 2.25 bits per heavy atom. The van der Waals surface area contributed by atoms with Crippen LogP contribution in [0.4, 0.5) is 0 Å². The van der Waals surface area contributed by atoms with Gasteiger partial charge in [0.15, 0.2) is 0 Å². The van der Waals surface area contributed by atoms with E-state index in [1.165, 1.54) is 37.8 Å². The summed E-state index contributed by atoms with van der Waals surface area (Å²) in [7, 11) is 0. The molecule has 1 saturated heterocycles. The van der Waals surface area contributed by atoms with Crippen LogP contribution in [0.1, 0.15) is 32.6 Å². The maximum atomic E-state index is 5.92. The lowest BCUT2D eigenvalue weighted by Gasteiger charge is -2.39. The minimum absolute atomic E-state index is 0.811. The number of hydrogen-bond donors (Lipinski definition) is 1. The lowest BCUT2D eigenvalue weighted by atomic mass is 9.92. The summed E-state index contributed by atoms with van der Waals surface area (Å²) >= 11 is 0. The molecule has 2 aliphatic heterocycles. The molecule has 2 rings (SSSR count). The topological polar surface area (TPSA) is 29.3 Å². The molecular weight excluding hydrogens is 148 g/mol. The van der Waals surface area contributed by atoms with Gasteiger partial charge in [-0.15, -0.1) is 0 Å². The van der Waals surface area contributed by atoms with Gasteiger partial charge >= 0.3 is 0 Å². The molecule has 2 heterocycles. The molecule has 2 nitrogen and oxygen atoms in total. The minimum Gasteiger partial charge on any atom is -0.401 e. The predicted octanol–water partition coefficient (Wildman–Crippen LogP) is 1.48. The molecule has 68 valence electrons. The molecule has 12 heavy (non-hydrogen) atoms. The van der Waals surface area contributed by atoms with Crippen molar-refractivity contribution in [1.82, 2.24) is 4.90 Å². The smallest absolute Gasteiger partial charge is 0.0382 e. The van der Waals surface area contributed by atoms with Crippen molar-refractivity contribution in [2.24, 2.45) is 5.73 Å². The van der Waals surface area contributed by atoms with Crippen LogP contribution in [-0.2, 0) is 0 Å². The van der Waals surface area contributed by atoms with E-state index in [2.05, 4.69) is 11.8 Å². The Bertz CT molecular complexity index is 186. The molecule has 0 aromatic carbocycles. The van der Waals surface area contributed by atoms with Crippen molar-refractivity contribution in [1.29, 1.82) is 0 Å². The van der Waals surface area contributed by atoms with Crippen molar-refractivity contribution in [2.75, 3.05) is 13.1 Å². The van der Waals surface area contributed by atoms with E-state index < -0.39 is 0 Å². The highest BCUT2D eigenvalue weighted by molar-refractivity contribution is 5.16. The zero-order valence-corrected chi connectivity index (χ0v) is 7.84. The molecule has 1 atom stereocenters. The van der Waals surface area contributed by atoms with Crippen LogP contribution in [0, 0.1) is 0 Å². The van der Waals surface area contributed by atoms with Crippen molar-refractivity contribution >= 4 is 0 Å². The van der Waals surface area contributed by atoms with Gasteiger partial charge in [-0.1, -0.05) is 12.0 Å². The summed E-state index contributed by atoms with van der Waals surface area (Å²) in [5.74, 6) is 0. The SMILES string of the molecule is CC1=C(N)CN2CCCCC2C1. The van der Waals surface area contributed by atoms with Crippen molar-refractivity contribution in [3.05, 3.63) is 11.3 Å². The van der Waals surface area contributed by atoms with Crippen molar-refractivity contribution in [2.45, 2.75) is 38.6 Å². The minimum atomic E-state index is 0.811. The standard InChI is InChI=1S/C10H18N2/c1-8-6-9-4-2-3-5-12(9)7-10(8)11/h9H,2-7,11H2,1H3. The molecular formula is C10H18N2. The number of hydrogen-bond acceptors (Lipinski definition) is 2. The van der Waals surface area contributed by atoms with Gasteiger partial charge < -0.3 is 5.73 Å². The van der Waals surface area contributed by atoms with Gasteiger partial charge in [0.05, 0.1) is 0 Å². The molecule has 0 spiro atoms. The van der Waals surface area contributed by atoms with Crippen molar-refractivity contribution < 1.29 is 0 Å². The molecule has 0 aliphatic carbocycles. The fourth-order valence-corrected chi connectivity index (χ4v) is 2.34. The summed E-state index contributed by atoms with van der Waals surface area (Å²) in [6.45, 7) is 4.47. The highest BCUT2D eigenvalue weighted by atomic mass is 15.2. The van der Waals surface area contributed by atoms with Crippen LogP contribution in [0.15, 0.2) is 11.3 Å². The van der Waals surface area contributed by atoms with E-state index in [9.17, 15) is 0 Å². The number of nitrogens with two attached hydrogens (primary N) is 1. The van der Waals surface area contributed by atoms with Gasteiger partial charge in [0.1, 0.15) is 0 Å². The van der Waals surface area contributed by atoms with Crippen LogP contribution in [0.3, 0.4) is 0 Å². The molecule has 2 heteroatoms. The molecule has 0 bridgehead atoms. The molecule has 0 aromatic heterocycles. The average Bonchev–Trinajstić information content (AvgIpc) is 2.07. The summed E-state index contributed by atoms with van der Waals surface area (Å²) < 4.78 is 0. The normalized spacial score (nSPS) is 31.9.